The number of carboxylic acid groups (broad SMARTS) is 1. The van der Waals surface area contributed by atoms with E-state index in [0.29, 0.717) is 30.3 Å². The van der Waals surface area contributed by atoms with E-state index in [9.17, 15) is 15.0 Å². The zero-order valence-electron chi connectivity index (χ0n) is 16.3. The van der Waals surface area contributed by atoms with Crippen LogP contribution in [-0.4, -0.2) is 46.7 Å². The lowest BCUT2D eigenvalue weighted by molar-refractivity contribution is -0.142. The maximum atomic E-state index is 10.5. The topological polar surface area (TPSA) is 87.0 Å². The summed E-state index contributed by atoms with van der Waals surface area (Å²) in [6.45, 7) is 0.280. The van der Waals surface area contributed by atoms with Gasteiger partial charge in [0.1, 0.15) is 6.61 Å². The number of hydrogen-bond acceptors (Lipinski definition) is 4. The Labute approximate surface area is 162 Å². The maximum Gasteiger partial charge on any atom is 0.329 e. The third kappa shape index (κ3) is 6.03. The van der Waals surface area contributed by atoms with Crippen LogP contribution in [0.25, 0.3) is 0 Å². The Bertz CT molecular complexity index is 499. The molecule has 0 bridgehead atoms. The second-order valence-corrected chi connectivity index (χ2v) is 9.07. The smallest absolute Gasteiger partial charge is 0.329 e. The molecule has 3 N–H and O–H groups in total. The molecule has 3 aliphatic rings. The number of aliphatic hydroxyl groups is 2. The molecule has 0 aromatic rings. The summed E-state index contributed by atoms with van der Waals surface area (Å²) >= 11 is 0. The molecule has 0 saturated heterocycles. The first-order valence-corrected chi connectivity index (χ1v) is 10.9. The van der Waals surface area contributed by atoms with Gasteiger partial charge < -0.3 is 20.1 Å². The van der Waals surface area contributed by atoms with Crippen molar-refractivity contribution in [3.63, 3.8) is 0 Å². The van der Waals surface area contributed by atoms with Gasteiger partial charge in [-0.2, -0.15) is 0 Å². The van der Waals surface area contributed by atoms with Crippen molar-refractivity contribution in [1.29, 1.82) is 0 Å². The van der Waals surface area contributed by atoms with E-state index in [-0.39, 0.29) is 24.7 Å². The van der Waals surface area contributed by atoms with Crippen molar-refractivity contribution in [2.24, 2.45) is 29.6 Å². The second kappa shape index (κ2) is 10.0. The number of carboxylic acids is 1. The van der Waals surface area contributed by atoms with Crippen molar-refractivity contribution in [3.8, 4) is 0 Å². The van der Waals surface area contributed by atoms with Crippen LogP contribution in [0.1, 0.15) is 64.2 Å². The predicted molar refractivity (Wildman–Crippen MR) is 103 cm³/mol. The van der Waals surface area contributed by atoms with Crippen LogP contribution in [0.15, 0.2) is 12.2 Å². The minimum atomic E-state index is -0.918. The molecule has 0 aromatic carbocycles. The van der Waals surface area contributed by atoms with Crippen LogP contribution in [-0.2, 0) is 9.53 Å². The summed E-state index contributed by atoms with van der Waals surface area (Å²) in [5.74, 6) is 1.49. The third-order valence-electron chi connectivity index (χ3n) is 7.08. The fourth-order valence-electron chi connectivity index (χ4n) is 5.79. The monoisotopic (exact) mass is 380 g/mol. The highest BCUT2D eigenvalue weighted by Gasteiger charge is 2.46. The van der Waals surface area contributed by atoms with Gasteiger partial charge in [0.15, 0.2) is 0 Å². The molecule has 27 heavy (non-hydrogen) atoms. The number of rotatable bonds is 9. The van der Waals surface area contributed by atoms with Gasteiger partial charge in [-0.25, -0.2) is 4.79 Å². The predicted octanol–water partition coefficient (Wildman–Crippen LogP) is 3.39. The van der Waals surface area contributed by atoms with Crippen LogP contribution in [0.2, 0.25) is 0 Å². The van der Waals surface area contributed by atoms with Gasteiger partial charge in [0.25, 0.3) is 0 Å². The van der Waals surface area contributed by atoms with Gasteiger partial charge in [0.2, 0.25) is 0 Å². The molecule has 0 aliphatic heterocycles. The Balaban J connectivity index is 1.44. The average molecular weight is 381 g/mol. The van der Waals surface area contributed by atoms with Crippen molar-refractivity contribution in [3.05, 3.63) is 12.2 Å². The van der Waals surface area contributed by atoms with Gasteiger partial charge in [-0.1, -0.05) is 44.3 Å². The lowest BCUT2D eigenvalue weighted by Crippen LogP contribution is -2.19. The maximum absolute atomic E-state index is 10.5. The Kier molecular flexibility index (Phi) is 7.74. The Morgan fingerprint density at radius 1 is 1.11 bits per heavy atom. The summed E-state index contributed by atoms with van der Waals surface area (Å²) in [4.78, 5) is 10.5. The molecule has 2 unspecified atom stereocenters. The Hall–Kier alpha value is -0.910. The lowest BCUT2D eigenvalue weighted by atomic mass is 9.84. The third-order valence-corrected chi connectivity index (χ3v) is 7.08. The normalized spacial score (nSPS) is 35.6. The van der Waals surface area contributed by atoms with Crippen LogP contribution >= 0.6 is 0 Å². The fraction of sp³-hybridized carbons (Fsp3) is 0.864. The van der Waals surface area contributed by atoms with Gasteiger partial charge in [-0.05, 0) is 55.8 Å². The van der Waals surface area contributed by atoms with Gasteiger partial charge in [-0.15, -0.1) is 0 Å². The molecule has 3 fully saturated rings. The fourth-order valence-corrected chi connectivity index (χ4v) is 5.79. The van der Waals surface area contributed by atoms with E-state index < -0.39 is 5.97 Å². The number of carbonyl (C=O) groups is 1. The first kappa shape index (κ1) is 20.8. The zero-order valence-corrected chi connectivity index (χ0v) is 16.3. The number of aliphatic carboxylic acids is 1. The van der Waals surface area contributed by atoms with Crippen molar-refractivity contribution < 1.29 is 24.9 Å². The molecule has 5 nitrogen and oxygen atoms in total. The molecule has 6 atom stereocenters. The van der Waals surface area contributed by atoms with Crippen LogP contribution in [0, 0.1) is 29.6 Å². The number of fused-ring (bicyclic) bond motifs is 1. The van der Waals surface area contributed by atoms with E-state index in [1.54, 1.807) is 0 Å². The van der Waals surface area contributed by atoms with Gasteiger partial charge in [-0.3, -0.25) is 0 Å². The number of ether oxygens (including phenoxy) is 1. The van der Waals surface area contributed by atoms with Crippen molar-refractivity contribution in [2.75, 3.05) is 13.2 Å². The molecule has 3 rings (SSSR count). The SMILES string of the molecule is O=C(O)COCCC1C[C@H]2C[C@H](O)[C@@H](C=CC(O)CC3CCCCC3)[C@@H]2C1. The number of aliphatic hydroxyl groups excluding tert-OH is 2. The van der Waals surface area contributed by atoms with E-state index in [1.807, 2.05) is 6.08 Å². The molecule has 3 aliphatic carbocycles. The molecule has 0 radical (unpaired) electrons. The van der Waals surface area contributed by atoms with Gasteiger partial charge in [0.05, 0.1) is 12.2 Å². The Morgan fingerprint density at radius 2 is 1.89 bits per heavy atom. The highest BCUT2D eigenvalue weighted by molar-refractivity contribution is 5.67. The van der Waals surface area contributed by atoms with Crippen LogP contribution in [0.4, 0.5) is 0 Å². The standard InChI is InChI=1S/C22H36O5/c23-18(11-15-4-2-1-3-5-15)6-7-19-20-12-16(8-9-27-14-22(25)26)10-17(20)13-21(19)24/h6-7,15-21,23-24H,1-5,8-14H2,(H,25,26)/t16?,17-,18?,19-,20+,21-/m0/s1. The average Bonchev–Trinajstić information content (AvgIpc) is 3.14. The highest BCUT2D eigenvalue weighted by Crippen LogP contribution is 2.51. The molecule has 3 saturated carbocycles. The lowest BCUT2D eigenvalue weighted by Gasteiger charge is -2.23. The zero-order chi connectivity index (χ0) is 19.2. The minimum Gasteiger partial charge on any atom is -0.480 e. The molecule has 0 amide bonds. The van der Waals surface area contributed by atoms with E-state index in [2.05, 4.69) is 6.08 Å². The summed E-state index contributed by atoms with van der Waals surface area (Å²) in [6.07, 6.45) is 14.6. The van der Waals surface area contributed by atoms with E-state index in [0.717, 1.165) is 32.1 Å². The molecule has 154 valence electrons. The van der Waals surface area contributed by atoms with Crippen molar-refractivity contribution in [1.82, 2.24) is 0 Å². The largest absolute Gasteiger partial charge is 0.480 e. The summed E-state index contributed by atoms with van der Waals surface area (Å²) in [7, 11) is 0. The summed E-state index contributed by atoms with van der Waals surface area (Å²) in [6, 6.07) is 0. The van der Waals surface area contributed by atoms with Gasteiger partial charge in [0, 0.05) is 12.5 Å². The first-order chi connectivity index (χ1) is 13.0. The minimum absolute atomic E-state index is 0.154. The summed E-state index contributed by atoms with van der Waals surface area (Å²) < 4.78 is 5.18. The molecular weight excluding hydrogens is 344 g/mol. The molecule has 0 aromatic heterocycles. The van der Waals surface area contributed by atoms with E-state index >= 15 is 0 Å². The Morgan fingerprint density at radius 3 is 2.63 bits per heavy atom. The number of hydrogen-bond donors (Lipinski definition) is 3. The quantitative estimate of drug-likeness (QED) is 0.422. The van der Waals surface area contributed by atoms with Crippen LogP contribution in [0.5, 0.6) is 0 Å². The molecule has 5 heteroatoms. The van der Waals surface area contributed by atoms with E-state index in [4.69, 9.17) is 9.84 Å². The van der Waals surface area contributed by atoms with Crippen molar-refractivity contribution >= 4 is 5.97 Å². The molecule has 0 heterocycles. The molecule has 0 spiro atoms. The summed E-state index contributed by atoms with van der Waals surface area (Å²) in [5.41, 5.74) is 0. The summed E-state index contributed by atoms with van der Waals surface area (Å²) in [5, 5.41) is 29.5. The van der Waals surface area contributed by atoms with Crippen LogP contribution in [0.3, 0.4) is 0 Å². The second-order valence-electron chi connectivity index (χ2n) is 9.07. The van der Waals surface area contributed by atoms with Crippen LogP contribution < -0.4 is 0 Å². The van der Waals surface area contributed by atoms with Gasteiger partial charge >= 0.3 is 5.97 Å². The highest BCUT2D eigenvalue weighted by atomic mass is 16.5. The first-order valence-electron chi connectivity index (χ1n) is 10.9. The van der Waals surface area contributed by atoms with E-state index in [1.165, 1.54) is 32.1 Å². The van der Waals surface area contributed by atoms with Crippen molar-refractivity contribution in [2.45, 2.75) is 76.4 Å². The molecular formula is C22H36O5.